The van der Waals surface area contributed by atoms with E-state index in [1.165, 1.54) is 19.2 Å². The number of aromatic nitrogens is 1. The first-order chi connectivity index (χ1) is 12.3. The first kappa shape index (κ1) is 19.4. The van der Waals surface area contributed by atoms with E-state index in [0.29, 0.717) is 5.70 Å². The average molecular weight is 388 g/mol. The Morgan fingerprint density at radius 1 is 1.54 bits per heavy atom. The fraction of sp³-hybridized carbons (Fsp3) is 0.308. The van der Waals surface area contributed by atoms with Crippen molar-refractivity contribution in [1.82, 2.24) is 25.8 Å². The third-order valence-corrected chi connectivity index (χ3v) is 4.33. The molecule has 13 heteroatoms. The molecule has 0 saturated heterocycles. The number of rotatable bonds is 5. The van der Waals surface area contributed by atoms with Crippen molar-refractivity contribution in [3.05, 3.63) is 35.7 Å². The van der Waals surface area contributed by atoms with Crippen molar-refractivity contribution in [2.24, 2.45) is 5.10 Å². The molecule has 1 aromatic rings. The number of sulfonamides is 1. The number of amides is 2. The van der Waals surface area contributed by atoms with Crippen LogP contribution in [0.3, 0.4) is 0 Å². The van der Waals surface area contributed by atoms with Gasteiger partial charge in [0.05, 0.1) is 7.11 Å². The monoisotopic (exact) mass is 388 g/mol. The molecule has 2 heterocycles. The minimum absolute atomic E-state index is 0.169. The van der Waals surface area contributed by atoms with E-state index < -0.39 is 33.9 Å². The highest BCUT2D eigenvalue weighted by atomic mass is 32.2. The molecule has 1 aromatic heterocycles. The number of ether oxygens (including phenoxy) is 1. The number of hydrogen-bond donors (Lipinski definition) is 4. The molecule has 142 valence electrons. The predicted octanol–water partition coefficient (Wildman–Crippen LogP) is -0.329. The van der Waals surface area contributed by atoms with Crippen molar-refractivity contribution < 1.29 is 27.4 Å². The zero-order valence-corrected chi connectivity index (χ0v) is 14.6. The number of allylic oxidation sites excluding steroid dienone is 1. The molecule has 1 unspecified atom stereocenters. The highest BCUT2D eigenvalue weighted by Gasteiger charge is 2.26. The number of hydrazone groups is 1. The Labute approximate surface area is 148 Å². The summed E-state index contributed by atoms with van der Waals surface area (Å²) in [5.74, 6) is 0.169. The first-order valence-electron chi connectivity index (χ1n) is 7.17. The lowest BCUT2D eigenvalue weighted by atomic mass is 10.2. The number of carbonyl (C=O) groups excluding carboxylic acids is 1. The van der Waals surface area contributed by atoms with Crippen LogP contribution in [-0.4, -0.2) is 49.4 Å². The Morgan fingerprint density at radius 3 is 2.92 bits per heavy atom. The van der Waals surface area contributed by atoms with Gasteiger partial charge in [-0.05, 0) is 13.0 Å². The second-order valence-corrected chi connectivity index (χ2v) is 6.61. The molecule has 1 aliphatic rings. The molecule has 26 heavy (non-hydrogen) atoms. The molecule has 0 fully saturated rings. The topological polar surface area (TPSA) is 145 Å². The lowest BCUT2D eigenvalue weighted by molar-refractivity contribution is 0.137. The van der Waals surface area contributed by atoms with Crippen molar-refractivity contribution in [2.75, 3.05) is 13.8 Å². The third kappa shape index (κ3) is 4.58. The number of aliphatic hydroxyl groups excluding tert-OH is 1. The smallest absolute Gasteiger partial charge is 0.350 e. The van der Waals surface area contributed by atoms with Gasteiger partial charge < -0.3 is 9.84 Å². The minimum Gasteiger partial charge on any atom is -0.480 e. The van der Waals surface area contributed by atoms with Crippen molar-refractivity contribution in [2.45, 2.75) is 18.1 Å². The van der Waals surface area contributed by atoms with Crippen LogP contribution in [0.15, 0.2) is 40.2 Å². The zero-order chi connectivity index (χ0) is 19.3. The first-order valence-corrected chi connectivity index (χ1v) is 8.65. The summed E-state index contributed by atoms with van der Waals surface area (Å²) < 4.78 is 44.0. The lowest BCUT2D eigenvalue weighted by Gasteiger charge is -2.25. The van der Waals surface area contributed by atoms with E-state index in [2.05, 4.69) is 20.9 Å². The summed E-state index contributed by atoms with van der Waals surface area (Å²) in [6.45, 7) is 0.452. The summed E-state index contributed by atoms with van der Waals surface area (Å²) in [5.41, 5.74) is 5.05. The second-order valence-electron chi connectivity index (χ2n) is 5.01. The van der Waals surface area contributed by atoms with Gasteiger partial charge in [-0.15, -0.1) is 5.23 Å². The van der Waals surface area contributed by atoms with Gasteiger partial charge >= 0.3 is 6.03 Å². The fourth-order valence-corrected chi connectivity index (χ4v) is 3.04. The summed E-state index contributed by atoms with van der Waals surface area (Å²) in [7, 11) is -3.11. The molecule has 2 rings (SSSR count). The van der Waals surface area contributed by atoms with Gasteiger partial charge in [0.2, 0.25) is 5.90 Å². The maximum Gasteiger partial charge on any atom is 0.350 e. The quantitative estimate of drug-likeness (QED) is 0.537. The molecule has 1 atom stereocenters. The Hall–Kier alpha value is -2.93. The number of halogens is 1. The molecule has 0 radical (unpaired) electrons. The Balaban J connectivity index is 2.14. The summed E-state index contributed by atoms with van der Waals surface area (Å²) in [4.78, 5) is 15.6. The van der Waals surface area contributed by atoms with Gasteiger partial charge in [0.15, 0.2) is 5.03 Å². The standard InChI is InChI=1S/C13H17FN6O5S/c1-8-6-11(25-2)17-20(16-8)18-13(22)19-26(23,24)12-9(10(21)7-14)4-3-5-15-12/h3-6,10,16,21H,7H2,1-2H3,(H2,18,19,22). The van der Waals surface area contributed by atoms with E-state index in [9.17, 15) is 22.7 Å². The minimum atomic E-state index is -4.48. The number of carbonyl (C=O) groups is 1. The van der Waals surface area contributed by atoms with Gasteiger partial charge in [0, 0.05) is 23.5 Å². The molecular formula is C13H17FN6O5S. The number of hydrogen-bond acceptors (Lipinski definition) is 9. The number of nitrogens with one attached hydrogen (secondary N) is 3. The molecule has 1 aliphatic heterocycles. The van der Waals surface area contributed by atoms with Crippen molar-refractivity contribution >= 4 is 22.0 Å². The molecule has 4 N–H and O–H groups in total. The van der Waals surface area contributed by atoms with Gasteiger partial charge in [-0.2, -0.15) is 8.42 Å². The summed E-state index contributed by atoms with van der Waals surface area (Å²) >= 11 is 0. The predicted molar refractivity (Wildman–Crippen MR) is 87.2 cm³/mol. The van der Waals surface area contributed by atoms with Crippen LogP contribution in [0.4, 0.5) is 9.18 Å². The highest BCUT2D eigenvalue weighted by molar-refractivity contribution is 7.90. The van der Waals surface area contributed by atoms with E-state index >= 15 is 0 Å². The van der Waals surface area contributed by atoms with Crippen LogP contribution in [0.25, 0.3) is 0 Å². The maximum absolute atomic E-state index is 12.7. The van der Waals surface area contributed by atoms with Gasteiger partial charge in [-0.3, -0.25) is 5.43 Å². The zero-order valence-electron chi connectivity index (χ0n) is 13.8. The molecule has 11 nitrogen and oxygen atoms in total. The van der Waals surface area contributed by atoms with E-state index in [1.54, 1.807) is 17.7 Å². The van der Waals surface area contributed by atoms with E-state index in [0.717, 1.165) is 11.4 Å². The SMILES string of the molecule is COC1=NN(NC(=O)NS(=O)(=O)c2ncccc2C(O)CF)NC(C)=C1. The summed E-state index contributed by atoms with van der Waals surface area (Å²) in [6, 6.07) is 1.36. The number of methoxy groups -OCH3 is 1. The third-order valence-electron chi connectivity index (χ3n) is 3.02. The van der Waals surface area contributed by atoms with Crippen molar-refractivity contribution in [1.29, 1.82) is 0 Å². The van der Waals surface area contributed by atoms with E-state index in [-0.39, 0.29) is 11.5 Å². The maximum atomic E-state index is 12.7. The van der Waals surface area contributed by atoms with Gasteiger partial charge in [0.25, 0.3) is 10.0 Å². The molecule has 0 spiro atoms. The van der Waals surface area contributed by atoms with Crippen LogP contribution in [0, 0.1) is 0 Å². The molecule has 0 bridgehead atoms. The number of urea groups is 1. The van der Waals surface area contributed by atoms with Crippen LogP contribution < -0.4 is 15.6 Å². The van der Waals surface area contributed by atoms with Crippen LogP contribution in [0.5, 0.6) is 0 Å². The number of alkyl halides is 1. The molecule has 0 aliphatic carbocycles. The molecule has 0 saturated carbocycles. The summed E-state index contributed by atoms with van der Waals surface area (Å²) in [6.07, 6.45) is 0.991. The van der Waals surface area contributed by atoms with E-state index in [1.807, 2.05) is 0 Å². The van der Waals surface area contributed by atoms with Gasteiger partial charge in [-0.25, -0.2) is 24.3 Å². The normalized spacial score (nSPS) is 15.3. The lowest BCUT2D eigenvalue weighted by Crippen LogP contribution is -2.53. The second kappa shape index (κ2) is 7.97. The molecule has 2 amide bonds. The number of hydrazine groups is 2. The Morgan fingerprint density at radius 2 is 2.27 bits per heavy atom. The Kier molecular flexibility index (Phi) is 5.94. The van der Waals surface area contributed by atoms with Gasteiger partial charge in [0.1, 0.15) is 12.8 Å². The largest absolute Gasteiger partial charge is 0.480 e. The van der Waals surface area contributed by atoms with Crippen LogP contribution in [-0.2, 0) is 14.8 Å². The van der Waals surface area contributed by atoms with Crippen LogP contribution in [0.2, 0.25) is 0 Å². The van der Waals surface area contributed by atoms with Gasteiger partial charge in [-0.1, -0.05) is 11.2 Å². The van der Waals surface area contributed by atoms with E-state index in [4.69, 9.17) is 4.74 Å². The summed E-state index contributed by atoms with van der Waals surface area (Å²) in [5, 5.41) is 13.6. The highest BCUT2D eigenvalue weighted by Crippen LogP contribution is 2.20. The Bertz CT molecular complexity index is 843. The van der Waals surface area contributed by atoms with Crippen LogP contribution in [0.1, 0.15) is 18.6 Å². The number of aliphatic hydroxyl groups is 1. The molecule has 0 aromatic carbocycles. The number of pyridine rings is 1. The van der Waals surface area contributed by atoms with Crippen molar-refractivity contribution in [3.63, 3.8) is 0 Å². The van der Waals surface area contributed by atoms with Crippen molar-refractivity contribution in [3.8, 4) is 0 Å². The van der Waals surface area contributed by atoms with Crippen LogP contribution >= 0.6 is 0 Å². The fourth-order valence-electron chi connectivity index (χ4n) is 1.94. The molecular weight excluding hydrogens is 371 g/mol. The average Bonchev–Trinajstić information content (AvgIpc) is 2.59. The number of nitrogens with zero attached hydrogens (tertiary/aromatic N) is 3.